The monoisotopic (exact) mass is 1180 g/mol. The van der Waals surface area contributed by atoms with Gasteiger partial charge in [-0.25, -0.2) is 28.4 Å². The van der Waals surface area contributed by atoms with Crippen molar-refractivity contribution in [3.05, 3.63) is 48.0 Å². The molecule has 0 radical (unpaired) electrons. The Hall–Kier alpha value is -4.52. The Labute approximate surface area is 384 Å². The van der Waals surface area contributed by atoms with E-state index >= 15 is 0 Å². The molecule has 0 aromatic heterocycles. The molecule has 0 spiro atoms. The van der Waals surface area contributed by atoms with E-state index in [1.807, 2.05) is 0 Å². The van der Waals surface area contributed by atoms with Crippen molar-refractivity contribution >= 4 is 146 Å². The molecule has 3 N–H and O–H groups in total. The number of alkyl halides is 3. The number of halogens is 5. The number of amides is 5. The van der Waals surface area contributed by atoms with Gasteiger partial charge in [-0.3, -0.25) is 33.8 Å². The van der Waals surface area contributed by atoms with Gasteiger partial charge in [-0.1, -0.05) is 67.8 Å². The Bertz CT molecular complexity index is 1920. The highest BCUT2D eigenvalue weighted by molar-refractivity contribution is 14.3. The number of nitrogens with zero attached hydrogens (tertiary/aromatic N) is 8. The fraction of sp³-hybridized carbons (Fsp3) is 0.400. The van der Waals surface area contributed by atoms with Crippen molar-refractivity contribution in [2.75, 3.05) is 72.0 Å². The summed E-state index contributed by atoms with van der Waals surface area (Å²) in [5, 5.41) is 12.8. The summed E-state index contributed by atoms with van der Waals surface area (Å²) >= 11 is 6.95. The number of hydrogen-bond donors (Lipinski definition) is 2. The third-order valence-corrected chi connectivity index (χ3v) is 8.04. The highest BCUT2D eigenvalue weighted by Crippen LogP contribution is 2.29. The van der Waals surface area contributed by atoms with Crippen molar-refractivity contribution in [3.8, 4) is 0 Å². The van der Waals surface area contributed by atoms with Crippen LogP contribution in [0.3, 0.4) is 0 Å². The number of nitrogens with two attached hydrogens (primary N) is 1. The minimum atomic E-state index is -0.589. The lowest BCUT2D eigenvalue weighted by Gasteiger charge is -2.27. The fourth-order valence-electron chi connectivity index (χ4n) is 5.38. The van der Waals surface area contributed by atoms with Crippen molar-refractivity contribution < 1.29 is 56.6 Å². The standard InChI is InChI=1S/C16H18FN5O4.C14H16FN5O3.C4H6O3.CHI3/c1-11(24)18-7-13-8-22(16(25)26-13)12-2-3-15(14(17)6-12)20-4-5-21(10-23)19-9-20;15-12-5-10(20-7-11(6-16)23-14(20)22)1-2-13(12)18-3-4-19(9-21)17-8-18;1-3(5)7-4(2)6;2-1(3)4/h2-3,6,9-10,13H,4-5,7-8H2,1H3,(H,18,24);1-2,5,8-9,11H,3-4,6-7,16H2;1-2H3;1H/t13-;11-;;/m00../s1. The summed E-state index contributed by atoms with van der Waals surface area (Å²) in [4.78, 5) is 81.4. The summed E-state index contributed by atoms with van der Waals surface area (Å²) in [6.07, 6.45) is 1.99. The molecule has 2 aromatic rings. The van der Waals surface area contributed by atoms with Gasteiger partial charge in [-0.05, 0) is 36.4 Å². The molecule has 4 aliphatic heterocycles. The Morgan fingerprint density at radius 1 is 0.800 bits per heavy atom. The third-order valence-electron chi connectivity index (χ3n) is 8.04. The molecule has 0 bridgehead atoms. The van der Waals surface area contributed by atoms with Crippen LogP contribution in [0.4, 0.5) is 41.1 Å². The first-order valence-electron chi connectivity index (χ1n) is 17.6. The molecule has 25 heteroatoms. The van der Waals surface area contributed by atoms with Gasteiger partial charge in [-0.2, -0.15) is 10.2 Å². The Morgan fingerprint density at radius 2 is 1.22 bits per heavy atom. The topological polar surface area (TPSA) is 229 Å². The lowest BCUT2D eigenvalue weighted by atomic mass is 10.2. The second-order valence-electron chi connectivity index (χ2n) is 12.4. The van der Waals surface area contributed by atoms with Gasteiger partial charge >= 0.3 is 24.1 Å². The van der Waals surface area contributed by atoms with Crippen molar-refractivity contribution in [3.63, 3.8) is 0 Å². The van der Waals surface area contributed by atoms with Gasteiger partial charge in [0.2, 0.25) is 18.7 Å². The van der Waals surface area contributed by atoms with E-state index in [-0.39, 0.29) is 31.6 Å². The zero-order valence-electron chi connectivity index (χ0n) is 32.3. The summed E-state index contributed by atoms with van der Waals surface area (Å²) in [5.74, 6) is -2.35. The number of rotatable bonds is 9. The first kappa shape index (κ1) is 49.8. The van der Waals surface area contributed by atoms with Crippen LogP contribution in [0.2, 0.25) is 0 Å². The molecule has 2 fully saturated rings. The summed E-state index contributed by atoms with van der Waals surface area (Å²) in [7, 11) is 0. The summed E-state index contributed by atoms with van der Waals surface area (Å²) in [5.41, 5.74) is 6.88. The second kappa shape index (κ2) is 24.7. The zero-order chi connectivity index (χ0) is 44.5. The third kappa shape index (κ3) is 15.8. The number of hydrazone groups is 2. The molecular formula is C35H41F2I3N10O10. The molecule has 20 nitrogen and oxygen atoms in total. The van der Waals surface area contributed by atoms with Crippen LogP contribution in [0, 0.1) is 11.6 Å². The van der Waals surface area contributed by atoms with Crippen LogP contribution in [0.25, 0.3) is 0 Å². The van der Waals surface area contributed by atoms with Crippen LogP contribution in [0.1, 0.15) is 20.8 Å². The number of benzene rings is 2. The Kier molecular flexibility index (Phi) is 20.5. The average molecular weight is 1180 g/mol. The van der Waals surface area contributed by atoms with Gasteiger partial charge in [0.1, 0.15) is 36.5 Å². The van der Waals surface area contributed by atoms with Gasteiger partial charge < -0.3 is 35.1 Å². The molecule has 2 atom stereocenters. The number of ether oxygens (including phenoxy) is 3. The van der Waals surface area contributed by atoms with Crippen molar-refractivity contribution in [2.45, 2.75) is 32.9 Å². The van der Waals surface area contributed by atoms with Crippen LogP contribution < -0.4 is 30.7 Å². The fourth-order valence-corrected chi connectivity index (χ4v) is 5.38. The van der Waals surface area contributed by atoms with Crippen molar-refractivity contribution in [1.82, 2.24) is 15.3 Å². The number of hydrogen-bond acceptors (Lipinski definition) is 15. The highest BCUT2D eigenvalue weighted by atomic mass is 127. The predicted molar refractivity (Wildman–Crippen MR) is 241 cm³/mol. The number of nitrogens with one attached hydrogen (secondary N) is 1. The summed E-state index contributed by atoms with van der Waals surface area (Å²) in [6.45, 7) is 6.25. The van der Waals surface area contributed by atoms with Crippen molar-refractivity contribution in [2.24, 2.45) is 15.9 Å². The molecule has 0 unspecified atom stereocenters. The Balaban J connectivity index is 0.000000258. The van der Waals surface area contributed by atoms with E-state index in [1.54, 1.807) is 34.1 Å². The molecule has 60 heavy (non-hydrogen) atoms. The van der Waals surface area contributed by atoms with E-state index in [4.69, 9.17) is 15.2 Å². The molecule has 326 valence electrons. The molecule has 0 saturated carbocycles. The van der Waals surface area contributed by atoms with E-state index in [9.17, 15) is 42.3 Å². The van der Waals surface area contributed by atoms with Gasteiger partial charge in [0.15, 0.2) is 0 Å². The highest BCUT2D eigenvalue weighted by Gasteiger charge is 2.34. The molecular weight excluding hydrogens is 1140 g/mol. The molecule has 6 rings (SSSR count). The normalized spacial score (nSPS) is 18.0. The maximum Gasteiger partial charge on any atom is 0.414 e. The SMILES string of the molecule is CC(=O)NC[C@H]1CN(c2ccc(N3C=NN(C=O)CC3)c(F)c2)C(=O)O1.CC(=O)OC(C)=O.IC(I)I.NC[C@H]1CN(c2ccc(N3C=NN(C=O)CC3)c(F)c2)C(=O)O1. The van der Waals surface area contributed by atoms with E-state index in [1.165, 1.54) is 65.4 Å². The minimum absolute atomic E-state index is 0.204. The van der Waals surface area contributed by atoms with E-state index in [0.29, 0.717) is 68.3 Å². The summed E-state index contributed by atoms with van der Waals surface area (Å²) < 4.78 is 43.8. The molecule has 4 heterocycles. The van der Waals surface area contributed by atoms with Gasteiger partial charge in [0.05, 0.1) is 55.5 Å². The van der Waals surface area contributed by atoms with Gasteiger partial charge in [0, 0.05) is 40.4 Å². The van der Waals surface area contributed by atoms with Crippen LogP contribution in [0.15, 0.2) is 46.6 Å². The van der Waals surface area contributed by atoms with E-state index < -0.39 is 41.9 Å². The molecule has 2 saturated heterocycles. The smallest absolute Gasteiger partial charge is 0.414 e. The van der Waals surface area contributed by atoms with Gasteiger partial charge in [-0.15, -0.1) is 0 Å². The van der Waals surface area contributed by atoms with Crippen LogP contribution in [-0.2, 0) is 38.2 Å². The number of anilines is 4. The zero-order valence-corrected chi connectivity index (χ0v) is 38.8. The summed E-state index contributed by atoms with van der Waals surface area (Å²) in [6, 6.07) is 8.88. The van der Waals surface area contributed by atoms with Crippen LogP contribution >= 0.6 is 67.8 Å². The van der Waals surface area contributed by atoms with Crippen LogP contribution in [0.5, 0.6) is 0 Å². The second-order valence-corrected chi connectivity index (χ2v) is 23.3. The number of cyclic esters (lactones) is 2. The molecule has 5 amide bonds. The number of esters is 2. The predicted octanol–water partition coefficient (Wildman–Crippen LogP) is 3.51. The minimum Gasteiger partial charge on any atom is -0.443 e. The first-order chi connectivity index (χ1) is 28.4. The van der Waals surface area contributed by atoms with Crippen molar-refractivity contribution in [1.29, 1.82) is 0 Å². The average Bonchev–Trinajstić information content (AvgIpc) is 3.78. The van der Waals surface area contributed by atoms with Crippen LogP contribution in [-0.4, -0.2) is 130 Å². The number of carbonyl (C=O) groups is 7. The van der Waals surface area contributed by atoms with E-state index in [0.717, 1.165) is -0.0619 Å². The maximum absolute atomic E-state index is 14.5. The quantitative estimate of drug-likeness (QED) is 0.0917. The Morgan fingerprint density at radius 3 is 1.52 bits per heavy atom. The molecule has 4 aliphatic rings. The number of carbonyl (C=O) groups excluding carboxylic acids is 7. The largest absolute Gasteiger partial charge is 0.443 e. The van der Waals surface area contributed by atoms with E-state index in [2.05, 4.69) is 88.0 Å². The first-order valence-corrected chi connectivity index (χ1v) is 21.4. The molecule has 2 aromatic carbocycles. The maximum atomic E-state index is 14.5. The lowest BCUT2D eigenvalue weighted by Crippen LogP contribution is -2.37. The lowest BCUT2D eigenvalue weighted by molar-refractivity contribution is -0.156. The van der Waals surface area contributed by atoms with Gasteiger partial charge in [0.25, 0.3) is 0 Å². The molecule has 0 aliphatic carbocycles.